The summed E-state index contributed by atoms with van der Waals surface area (Å²) in [6.45, 7) is 0.637. The summed E-state index contributed by atoms with van der Waals surface area (Å²) in [6.07, 6.45) is 4.42. The van der Waals surface area contributed by atoms with Crippen molar-refractivity contribution in [3.63, 3.8) is 0 Å². The topological polar surface area (TPSA) is 99.9 Å². The van der Waals surface area contributed by atoms with Gasteiger partial charge in [-0.1, -0.05) is 12.8 Å². The van der Waals surface area contributed by atoms with Crippen LogP contribution in [0, 0.1) is 0 Å². The van der Waals surface area contributed by atoms with Crippen LogP contribution in [0.2, 0.25) is 0 Å². The van der Waals surface area contributed by atoms with Gasteiger partial charge >= 0.3 is 5.97 Å². The van der Waals surface area contributed by atoms with E-state index >= 15 is 0 Å². The molecular formula is C18H20N2O5. The summed E-state index contributed by atoms with van der Waals surface area (Å²) in [5, 5.41) is 12.3. The van der Waals surface area contributed by atoms with Gasteiger partial charge in [-0.25, -0.2) is 4.79 Å². The van der Waals surface area contributed by atoms with E-state index in [0.29, 0.717) is 29.6 Å². The highest BCUT2D eigenvalue weighted by Crippen LogP contribution is 2.23. The van der Waals surface area contributed by atoms with E-state index in [1.54, 1.807) is 23.1 Å². The van der Waals surface area contributed by atoms with Gasteiger partial charge in [-0.15, -0.1) is 0 Å². The van der Waals surface area contributed by atoms with Crippen LogP contribution >= 0.6 is 0 Å². The summed E-state index contributed by atoms with van der Waals surface area (Å²) in [4.78, 5) is 36.9. The molecule has 1 fully saturated rings. The molecule has 1 aliphatic rings. The molecule has 1 aromatic heterocycles. The number of likely N-dealkylation sites (tertiary alicyclic amines) is 1. The minimum atomic E-state index is -1.14. The molecule has 0 spiro atoms. The monoisotopic (exact) mass is 344 g/mol. The molecule has 0 aliphatic carbocycles. The van der Waals surface area contributed by atoms with Gasteiger partial charge in [-0.3, -0.25) is 9.59 Å². The molecule has 3 rings (SSSR count). The Hall–Kier alpha value is -2.83. The average Bonchev–Trinajstić information content (AvgIpc) is 2.98. The van der Waals surface area contributed by atoms with Crippen LogP contribution in [0.1, 0.15) is 42.7 Å². The Balaban J connectivity index is 1.66. The Morgan fingerprint density at radius 2 is 1.96 bits per heavy atom. The van der Waals surface area contributed by atoms with E-state index in [4.69, 9.17) is 9.52 Å². The SMILES string of the molecule is O=C(CN1CCCCCCC1=O)Nc1ccc2oc(C(=O)O)cc2c1. The number of aromatic carboxylic acids is 1. The van der Waals surface area contributed by atoms with Crippen molar-refractivity contribution in [3.8, 4) is 0 Å². The highest BCUT2D eigenvalue weighted by molar-refractivity contribution is 5.97. The highest BCUT2D eigenvalue weighted by Gasteiger charge is 2.18. The van der Waals surface area contributed by atoms with Crippen LogP contribution in [-0.2, 0) is 9.59 Å². The lowest BCUT2D eigenvalue weighted by Gasteiger charge is -2.24. The van der Waals surface area contributed by atoms with Crippen molar-refractivity contribution in [2.24, 2.45) is 0 Å². The standard InChI is InChI=1S/C18H20N2O5/c21-16(11-20-8-4-2-1-3-5-17(20)22)19-13-6-7-14-12(9-13)10-15(25-14)18(23)24/h6-7,9-10H,1-5,8,11H2,(H,19,21)(H,23,24). The molecule has 2 N–H and O–H groups in total. The maximum Gasteiger partial charge on any atom is 0.371 e. The van der Waals surface area contributed by atoms with Gasteiger partial charge in [0.15, 0.2) is 0 Å². The Kier molecular flexibility index (Phi) is 5.02. The first-order valence-corrected chi connectivity index (χ1v) is 8.37. The lowest BCUT2D eigenvalue weighted by molar-refractivity contribution is -0.135. The summed E-state index contributed by atoms with van der Waals surface area (Å²) < 4.78 is 5.19. The molecule has 0 saturated carbocycles. The fourth-order valence-corrected chi connectivity index (χ4v) is 2.98. The number of anilines is 1. The van der Waals surface area contributed by atoms with E-state index in [2.05, 4.69) is 5.32 Å². The summed E-state index contributed by atoms with van der Waals surface area (Å²) >= 11 is 0. The van der Waals surface area contributed by atoms with Crippen LogP contribution in [0.15, 0.2) is 28.7 Å². The van der Waals surface area contributed by atoms with Gasteiger partial charge in [0, 0.05) is 24.0 Å². The molecule has 1 saturated heterocycles. The lowest BCUT2D eigenvalue weighted by atomic mass is 10.1. The Labute approximate surface area is 144 Å². The number of fused-ring (bicyclic) bond motifs is 1. The summed E-state index contributed by atoms with van der Waals surface area (Å²) in [5.41, 5.74) is 0.976. The number of rotatable bonds is 4. The van der Waals surface area contributed by atoms with E-state index in [0.717, 1.165) is 25.7 Å². The second kappa shape index (κ2) is 7.38. The Morgan fingerprint density at radius 3 is 2.76 bits per heavy atom. The molecule has 1 aliphatic heterocycles. The third-order valence-electron chi connectivity index (χ3n) is 4.27. The molecular weight excluding hydrogens is 324 g/mol. The van der Waals surface area contributed by atoms with Gasteiger partial charge in [0.25, 0.3) is 0 Å². The number of carbonyl (C=O) groups is 3. The van der Waals surface area contributed by atoms with Crippen molar-refractivity contribution in [1.29, 1.82) is 0 Å². The van der Waals surface area contributed by atoms with E-state index in [-0.39, 0.29) is 24.1 Å². The van der Waals surface area contributed by atoms with Crippen molar-refractivity contribution in [2.75, 3.05) is 18.4 Å². The molecule has 2 amide bonds. The molecule has 0 atom stereocenters. The van der Waals surface area contributed by atoms with Crippen LogP contribution in [0.3, 0.4) is 0 Å². The number of carbonyl (C=O) groups excluding carboxylic acids is 2. The van der Waals surface area contributed by atoms with Gasteiger partial charge in [0.1, 0.15) is 5.58 Å². The number of nitrogens with one attached hydrogen (secondary N) is 1. The van der Waals surface area contributed by atoms with Crippen molar-refractivity contribution in [3.05, 3.63) is 30.0 Å². The van der Waals surface area contributed by atoms with Gasteiger partial charge in [0.2, 0.25) is 17.6 Å². The minimum absolute atomic E-state index is 0.0197. The zero-order valence-corrected chi connectivity index (χ0v) is 13.8. The predicted octanol–water partition coefficient (Wildman–Crippen LogP) is 2.86. The van der Waals surface area contributed by atoms with Crippen molar-refractivity contribution >= 4 is 34.4 Å². The van der Waals surface area contributed by atoms with Crippen molar-refractivity contribution < 1.29 is 23.9 Å². The maximum atomic E-state index is 12.3. The smallest absolute Gasteiger partial charge is 0.371 e. The zero-order valence-electron chi connectivity index (χ0n) is 13.8. The number of furan rings is 1. The number of hydrogen-bond acceptors (Lipinski definition) is 4. The van der Waals surface area contributed by atoms with Crippen LogP contribution in [0.5, 0.6) is 0 Å². The first-order valence-electron chi connectivity index (χ1n) is 8.37. The summed E-state index contributed by atoms with van der Waals surface area (Å²) in [6, 6.07) is 6.32. The van der Waals surface area contributed by atoms with Crippen molar-refractivity contribution in [2.45, 2.75) is 32.1 Å². The van der Waals surface area contributed by atoms with E-state index < -0.39 is 5.97 Å². The first kappa shape index (κ1) is 17.0. The molecule has 2 aromatic rings. The van der Waals surface area contributed by atoms with Crippen LogP contribution < -0.4 is 5.32 Å². The number of hydrogen-bond donors (Lipinski definition) is 2. The molecule has 0 radical (unpaired) electrons. The zero-order chi connectivity index (χ0) is 17.8. The van der Waals surface area contributed by atoms with Crippen LogP contribution in [0.4, 0.5) is 5.69 Å². The van der Waals surface area contributed by atoms with E-state index in [9.17, 15) is 14.4 Å². The first-order chi connectivity index (χ1) is 12.0. The number of carboxylic acids is 1. The summed E-state index contributed by atoms with van der Waals surface area (Å²) in [5.74, 6) is -1.54. The molecule has 7 nitrogen and oxygen atoms in total. The van der Waals surface area contributed by atoms with Crippen molar-refractivity contribution in [1.82, 2.24) is 4.90 Å². The second-order valence-corrected chi connectivity index (χ2v) is 6.20. The molecule has 25 heavy (non-hydrogen) atoms. The largest absolute Gasteiger partial charge is 0.475 e. The van der Waals surface area contributed by atoms with Gasteiger partial charge in [0.05, 0.1) is 6.54 Å². The third-order valence-corrected chi connectivity index (χ3v) is 4.27. The van der Waals surface area contributed by atoms with Gasteiger partial charge < -0.3 is 19.7 Å². The maximum absolute atomic E-state index is 12.3. The Morgan fingerprint density at radius 1 is 1.16 bits per heavy atom. The van der Waals surface area contributed by atoms with Gasteiger partial charge in [-0.05, 0) is 37.1 Å². The minimum Gasteiger partial charge on any atom is -0.475 e. The number of benzene rings is 1. The normalized spacial score (nSPS) is 15.7. The van der Waals surface area contributed by atoms with E-state index in [1.807, 2.05) is 0 Å². The third kappa shape index (κ3) is 4.17. The highest BCUT2D eigenvalue weighted by atomic mass is 16.4. The summed E-state index contributed by atoms with van der Waals surface area (Å²) in [7, 11) is 0. The molecule has 1 aromatic carbocycles. The van der Waals surface area contributed by atoms with Gasteiger partial charge in [-0.2, -0.15) is 0 Å². The number of carboxylic acid groups (broad SMARTS) is 1. The fraction of sp³-hybridized carbons (Fsp3) is 0.389. The van der Waals surface area contributed by atoms with Crippen LogP contribution in [0.25, 0.3) is 11.0 Å². The molecule has 0 unspecified atom stereocenters. The predicted molar refractivity (Wildman–Crippen MR) is 91.5 cm³/mol. The fourth-order valence-electron chi connectivity index (χ4n) is 2.98. The van der Waals surface area contributed by atoms with E-state index in [1.165, 1.54) is 6.07 Å². The lowest BCUT2D eigenvalue weighted by Crippen LogP contribution is -2.39. The molecule has 7 heteroatoms. The molecule has 132 valence electrons. The molecule has 0 bridgehead atoms. The quantitative estimate of drug-likeness (QED) is 0.888. The van der Waals surface area contributed by atoms with Crippen LogP contribution in [-0.4, -0.2) is 40.9 Å². The number of nitrogens with zero attached hydrogens (tertiary/aromatic N) is 1. The second-order valence-electron chi connectivity index (χ2n) is 6.20. The molecule has 2 heterocycles. The average molecular weight is 344 g/mol. The number of amides is 2. The Bertz CT molecular complexity index is 811.